The maximum atomic E-state index is 11.8. The molecule has 10 heteroatoms. The van der Waals surface area contributed by atoms with Crippen molar-refractivity contribution in [2.24, 2.45) is 11.7 Å². The van der Waals surface area contributed by atoms with Gasteiger partial charge in [0.25, 0.3) is 5.56 Å². The number of aliphatic hydroxyl groups is 2. The van der Waals surface area contributed by atoms with Crippen LogP contribution in [0.3, 0.4) is 0 Å². The van der Waals surface area contributed by atoms with Crippen LogP contribution >= 0.6 is 0 Å². The van der Waals surface area contributed by atoms with Gasteiger partial charge in [0.05, 0.1) is 19.0 Å². The highest BCUT2D eigenvalue weighted by atomic mass is 16.5. The standard InChI is InChI=1S/C12H18N6O4/c13-2-1-5-3-22-11(8(20)7(5)19)18-4-15-6-9(18)16-12(14)17-10(6)21/h4-5,7-8,11,19-20H,1-3,13H2,(H3,14,16,17,21). The fraction of sp³-hybridized carbons (Fsp3) is 0.583. The van der Waals surface area contributed by atoms with Crippen molar-refractivity contribution in [3.8, 4) is 0 Å². The van der Waals surface area contributed by atoms with Crippen LogP contribution in [0.4, 0.5) is 5.95 Å². The molecule has 0 bridgehead atoms. The van der Waals surface area contributed by atoms with Crippen molar-refractivity contribution in [2.45, 2.75) is 24.9 Å². The second-order valence-electron chi connectivity index (χ2n) is 5.32. The van der Waals surface area contributed by atoms with Crippen LogP contribution in [0, 0.1) is 5.92 Å². The Morgan fingerprint density at radius 3 is 2.95 bits per heavy atom. The molecule has 7 N–H and O–H groups in total. The minimum atomic E-state index is -1.19. The Labute approximate surface area is 124 Å². The molecular weight excluding hydrogens is 292 g/mol. The van der Waals surface area contributed by atoms with Crippen molar-refractivity contribution >= 4 is 17.1 Å². The number of imidazole rings is 1. The molecule has 0 aromatic carbocycles. The Bertz CT molecular complexity index is 728. The molecule has 0 aliphatic carbocycles. The van der Waals surface area contributed by atoms with Gasteiger partial charge in [0.1, 0.15) is 6.10 Å². The molecule has 0 radical (unpaired) electrons. The molecular formula is C12H18N6O4. The summed E-state index contributed by atoms with van der Waals surface area (Å²) >= 11 is 0. The molecule has 120 valence electrons. The lowest BCUT2D eigenvalue weighted by Crippen LogP contribution is -2.48. The van der Waals surface area contributed by atoms with Crippen molar-refractivity contribution in [2.75, 3.05) is 18.9 Å². The van der Waals surface area contributed by atoms with Gasteiger partial charge in [-0.05, 0) is 13.0 Å². The van der Waals surface area contributed by atoms with E-state index in [9.17, 15) is 15.0 Å². The van der Waals surface area contributed by atoms with Crippen LogP contribution < -0.4 is 17.0 Å². The second-order valence-corrected chi connectivity index (χ2v) is 5.32. The fourth-order valence-electron chi connectivity index (χ4n) is 2.71. The third kappa shape index (κ3) is 2.35. The number of rotatable bonds is 3. The number of aromatic amines is 1. The molecule has 4 unspecified atom stereocenters. The van der Waals surface area contributed by atoms with Crippen LogP contribution in [0.2, 0.25) is 0 Å². The minimum Gasteiger partial charge on any atom is -0.390 e. The molecule has 0 saturated carbocycles. The molecule has 2 aromatic heterocycles. The molecule has 3 rings (SSSR count). The van der Waals surface area contributed by atoms with Gasteiger partial charge >= 0.3 is 0 Å². The van der Waals surface area contributed by atoms with E-state index in [1.54, 1.807) is 0 Å². The lowest BCUT2D eigenvalue weighted by atomic mass is 9.92. The number of H-pyrrole nitrogens is 1. The Morgan fingerprint density at radius 1 is 1.45 bits per heavy atom. The van der Waals surface area contributed by atoms with Crippen LogP contribution in [0.1, 0.15) is 12.6 Å². The Morgan fingerprint density at radius 2 is 2.23 bits per heavy atom. The third-order valence-corrected chi connectivity index (χ3v) is 3.87. The summed E-state index contributed by atoms with van der Waals surface area (Å²) in [6.07, 6.45) is -1.21. The van der Waals surface area contributed by atoms with Gasteiger partial charge in [0.15, 0.2) is 17.4 Å². The Kier molecular flexibility index (Phi) is 3.83. The zero-order valence-electron chi connectivity index (χ0n) is 11.7. The SMILES string of the molecule is NCCC1COC(n2cnc3c(=O)[nH]c(N)nc32)C(O)C1O. The van der Waals surface area contributed by atoms with E-state index < -0.39 is 24.0 Å². The normalized spacial score (nSPS) is 29.0. The summed E-state index contributed by atoms with van der Waals surface area (Å²) in [7, 11) is 0. The molecule has 0 spiro atoms. The number of ether oxygens (including phenoxy) is 1. The first-order valence-electron chi connectivity index (χ1n) is 6.93. The lowest BCUT2D eigenvalue weighted by molar-refractivity contribution is -0.191. The van der Waals surface area contributed by atoms with Crippen LogP contribution in [0.15, 0.2) is 11.1 Å². The summed E-state index contributed by atoms with van der Waals surface area (Å²) in [5, 5.41) is 20.5. The highest BCUT2D eigenvalue weighted by Gasteiger charge is 2.39. The quantitative estimate of drug-likeness (QED) is 0.430. The summed E-state index contributed by atoms with van der Waals surface area (Å²) in [5.41, 5.74) is 10.8. The number of hydrogen-bond donors (Lipinski definition) is 5. The van der Waals surface area contributed by atoms with E-state index in [0.717, 1.165) is 0 Å². The molecule has 1 fully saturated rings. The van der Waals surface area contributed by atoms with E-state index in [0.29, 0.717) is 13.0 Å². The van der Waals surface area contributed by atoms with Gasteiger partial charge in [-0.15, -0.1) is 0 Å². The number of nitrogen functional groups attached to an aromatic ring is 1. The predicted molar refractivity (Wildman–Crippen MR) is 76.7 cm³/mol. The van der Waals surface area contributed by atoms with Crippen LogP contribution in [0.5, 0.6) is 0 Å². The number of nitrogens with two attached hydrogens (primary N) is 2. The maximum absolute atomic E-state index is 11.8. The van der Waals surface area contributed by atoms with E-state index in [2.05, 4.69) is 15.0 Å². The predicted octanol–water partition coefficient (Wildman–Crippen LogP) is -2.08. The zero-order chi connectivity index (χ0) is 15.9. The number of fused-ring (bicyclic) bond motifs is 1. The van der Waals surface area contributed by atoms with Crippen molar-refractivity contribution in [1.82, 2.24) is 19.5 Å². The van der Waals surface area contributed by atoms with E-state index in [1.165, 1.54) is 10.9 Å². The van der Waals surface area contributed by atoms with Crippen molar-refractivity contribution in [1.29, 1.82) is 0 Å². The van der Waals surface area contributed by atoms with Gasteiger partial charge in [-0.1, -0.05) is 0 Å². The fourth-order valence-corrected chi connectivity index (χ4v) is 2.71. The molecule has 22 heavy (non-hydrogen) atoms. The average molecular weight is 310 g/mol. The summed E-state index contributed by atoms with van der Waals surface area (Å²) in [6, 6.07) is 0. The third-order valence-electron chi connectivity index (χ3n) is 3.87. The van der Waals surface area contributed by atoms with Gasteiger partial charge < -0.3 is 26.4 Å². The van der Waals surface area contributed by atoms with Gasteiger partial charge in [0, 0.05) is 5.92 Å². The average Bonchev–Trinajstić information content (AvgIpc) is 2.88. The van der Waals surface area contributed by atoms with E-state index in [1.807, 2.05) is 0 Å². The number of anilines is 1. The molecule has 1 aliphatic rings. The van der Waals surface area contributed by atoms with Crippen molar-refractivity contribution in [3.05, 3.63) is 16.7 Å². The lowest BCUT2D eigenvalue weighted by Gasteiger charge is -2.38. The Hall–Kier alpha value is -2.01. The molecule has 1 saturated heterocycles. The van der Waals surface area contributed by atoms with Gasteiger partial charge in [0.2, 0.25) is 5.95 Å². The van der Waals surface area contributed by atoms with E-state index in [4.69, 9.17) is 16.2 Å². The van der Waals surface area contributed by atoms with Crippen molar-refractivity contribution < 1.29 is 14.9 Å². The first-order chi connectivity index (χ1) is 10.5. The van der Waals surface area contributed by atoms with E-state index >= 15 is 0 Å². The highest BCUT2D eigenvalue weighted by molar-refractivity contribution is 5.70. The van der Waals surface area contributed by atoms with E-state index in [-0.39, 0.29) is 29.6 Å². The van der Waals surface area contributed by atoms with Gasteiger partial charge in [-0.3, -0.25) is 14.3 Å². The summed E-state index contributed by atoms with van der Waals surface area (Å²) in [4.78, 5) is 22.1. The largest absolute Gasteiger partial charge is 0.390 e. The topological polar surface area (TPSA) is 165 Å². The minimum absolute atomic E-state index is 0.0638. The van der Waals surface area contributed by atoms with Crippen LogP contribution in [-0.4, -0.2) is 55.1 Å². The Balaban J connectivity index is 1.97. The summed E-state index contributed by atoms with van der Waals surface area (Å²) < 4.78 is 7.02. The summed E-state index contributed by atoms with van der Waals surface area (Å²) in [5.74, 6) is -0.307. The summed E-state index contributed by atoms with van der Waals surface area (Å²) in [6.45, 7) is 0.627. The highest BCUT2D eigenvalue weighted by Crippen LogP contribution is 2.30. The molecule has 3 heterocycles. The molecule has 0 amide bonds. The van der Waals surface area contributed by atoms with Crippen LogP contribution in [-0.2, 0) is 4.74 Å². The molecule has 1 aliphatic heterocycles. The molecule has 10 nitrogen and oxygen atoms in total. The number of nitrogens with zero attached hydrogens (tertiary/aromatic N) is 3. The smallest absolute Gasteiger partial charge is 0.280 e. The van der Waals surface area contributed by atoms with Gasteiger partial charge in [-0.2, -0.15) is 4.98 Å². The van der Waals surface area contributed by atoms with Crippen molar-refractivity contribution in [3.63, 3.8) is 0 Å². The first-order valence-corrected chi connectivity index (χ1v) is 6.93. The maximum Gasteiger partial charge on any atom is 0.280 e. The number of aromatic nitrogens is 4. The molecule has 2 aromatic rings. The van der Waals surface area contributed by atoms with Gasteiger partial charge in [-0.25, -0.2) is 4.98 Å². The number of hydrogen-bond acceptors (Lipinski definition) is 8. The second kappa shape index (κ2) is 5.65. The monoisotopic (exact) mass is 310 g/mol. The molecule has 4 atom stereocenters. The zero-order valence-corrected chi connectivity index (χ0v) is 11.7. The first kappa shape index (κ1) is 14.9. The van der Waals surface area contributed by atoms with Crippen LogP contribution in [0.25, 0.3) is 11.2 Å². The number of nitrogens with one attached hydrogen (secondary N) is 1. The number of aliphatic hydroxyl groups excluding tert-OH is 2.